The van der Waals surface area contributed by atoms with Gasteiger partial charge in [-0.15, -0.1) is 0 Å². The van der Waals surface area contributed by atoms with E-state index in [-0.39, 0.29) is 11.9 Å². The minimum absolute atomic E-state index is 0.0618. The van der Waals surface area contributed by atoms with Crippen molar-refractivity contribution in [2.24, 2.45) is 0 Å². The van der Waals surface area contributed by atoms with Crippen LogP contribution in [0.5, 0.6) is 0 Å². The van der Waals surface area contributed by atoms with Gasteiger partial charge in [0.25, 0.3) is 0 Å². The van der Waals surface area contributed by atoms with Crippen molar-refractivity contribution in [3.8, 4) is 0 Å². The molecule has 6 heteroatoms. The molecule has 0 bridgehead atoms. The average Bonchev–Trinajstić information content (AvgIpc) is 3.10. The Morgan fingerprint density at radius 3 is 2.91 bits per heavy atom. The first kappa shape index (κ1) is 14.7. The Bertz CT molecular complexity index is 726. The predicted octanol–water partition coefficient (Wildman–Crippen LogP) is 3.51. The first-order chi connectivity index (χ1) is 11.2. The second-order valence-corrected chi connectivity index (χ2v) is 6.69. The maximum absolute atomic E-state index is 12.7. The van der Waals surface area contributed by atoms with E-state index in [4.69, 9.17) is 16.1 Å². The number of likely N-dealkylation sites (tertiary alicyclic amines) is 1. The van der Waals surface area contributed by atoms with Gasteiger partial charge in [-0.05, 0) is 37.3 Å². The van der Waals surface area contributed by atoms with Crippen LogP contribution in [-0.4, -0.2) is 27.5 Å². The summed E-state index contributed by atoms with van der Waals surface area (Å²) < 4.78 is 5.42. The van der Waals surface area contributed by atoms with Crippen LogP contribution in [0.3, 0.4) is 0 Å². The molecule has 2 heterocycles. The Hall–Kier alpha value is -1.88. The van der Waals surface area contributed by atoms with Gasteiger partial charge in [0.15, 0.2) is 5.82 Å². The molecule has 2 aliphatic rings. The molecule has 0 radical (unpaired) electrons. The Morgan fingerprint density at radius 2 is 2.13 bits per heavy atom. The van der Waals surface area contributed by atoms with Crippen LogP contribution in [0.25, 0.3) is 0 Å². The highest BCUT2D eigenvalue weighted by Gasteiger charge is 2.36. The van der Waals surface area contributed by atoms with E-state index in [0.29, 0.717) is 23.3 Å². The van der Waals surface area contributed by atoms with Crippen LogP contribution in [-0.2, 0) is 11.2 Å². The minimum Gasteiger partial charge on any atom is -0.337 e. The summed E-state index contributed by atoms with van der Waals surface area (Å²) in [5.74, 6) is 1.90. The maximum atomic E-state index is 12.7. The number of nitrogens with zero attached hydrogens (tertiary/aromatic N) is 3. The zero-order valence-electron chi connectivity index (χ0n) is 12.7. The maximum Gasteiger partial charge on any atom is 0.249 e. The highest BCUT2D eigenvalue weighted by Crippen LogP contribution is 2.39. The van der Waals surface area contributed by atoms with E-state index in [9.17, 15) is 4.79 Å². The first-order valence-corrected chi connectivity index (χ1v) is 8.46. The van der Waals surface area contributed by atoms with Gasteiger partial charge in [0, 0.05) is 17.5 Å². The van der Waals surface area contributed by atoms with Crippen LogP contribution in [0.2, 0.25) is 5.02 Å². The highest BCUT2D eigenvalue weighted by atomic mass is 35.5. The minimum atomic E-state index is -0.0926. The van der Waals surface area contributed by atoms with Gasteiger partial charge in [-0.2, -0.15) is 4.98 Å². The molecular weight excluding hydrogens is 314 g/mol. The summed E-state index contributed by atoms with van der Waals surface area (Å²) in [6, 6.07) is 7.38. The third kappa shape index (κ3) is 2.98. The number of hydrogen-bond donors (Lipinski definition) is 0. The lowest BCUT2D eigenvalue weighted by Gasteiger charge is -2.22. The van der Waals surface area contributed by atoms with Gasteiger partial charge < -0.3 is 9.42 Å². The average molecular weight is 332 g/mol. The Morgan fingerprint density at radius 1 is 1.30 bits per heavy atom. The molecule has 0 spiro atoms. The van der Waals surface area contributed by atoms with Crippen LogP contribution >= 0.6 is 11.6 Å². The number of amides is 1. The number of carbonyl (C=O) groups excluding carboxylic acids is 1. The third-order valence-corrected chi connectivity index (χ3v) is 4.93. The van der Waals surface area contributed by atoms with Gasteiger partial charge in [-0.1, -0.05) is 35.0 Å². The number of halogens is 1. The van der Waals surface area contributed by atoms with Crippen molar-refractivity contribution < 1.29 is 9.32 Å². The molecule has 1 aromatic heterocycles. The van der Waals surface area contributed by atoms with Crippen molar-refractivity contribution in [1.82, 2.24) is 15.0 Å². The highest BCUT2D eigenvalue weighted by molar-refractivity contribution is 6.31. The van der Waals surface area contributed by atoms with Crippen LogP contribution < -0.4 is 0 Å². The normalized spacial score (nSPS) is 20.9. The van der Waals surface area contributed by atoms with Gasteiger partial charge in [-0.3, -0.25) is 4.79 Å². The van der Waals surface area contributed by atoms with E-state index in [1.165, 1.54) is 0 Å². The summed E-state index contributed by atoms with van der Waals surface area (Å²) in [6.07, 6.45) is 4.41. The van der Waals surface area contributed by atoms with E-state index in [2.05, 4.69) is 10.1 Å². The van der Waals surface area contributed by atoms with Crippen molar-refractivity contribution >= 4 is 17.5 Å². The molecule has 1 saturated heterocycles. The van der Waals surface area contributed by atoms with E-state index < -0.39 is 0 Å². The fourth-order valence-corrected chi connectivity index (χ4v) is 3.32. The Kier molecular flexibility index (Phi) is 3.81. The standard InChI is InChI=1S/C17H18ClN3O2/c18-13-5-2-1-4-12(13)10-15(22)21-9-3-6-14(21)17-19-16(20-23-17)11-7-8-11/h1-2,4-5,11,14H,3,6-10H2. The van der Waals surface area contributed by atoms with E-state index in [1.54, 1.807) is 0 Å². The Balaban J connectivity index is 1.50. The second kappa shape index (κ2) is 5.96. The number of rotatable bonds is 4. The van der Waals surface area contributed by atoms with Crippen LogP contribution in [0.4, 0.5) is 0 Å². The summed E-state index contributed by atoms with van der Waals surface area (Å²) in [7, 11) is 0. The summed E-state index contributed by atoms with van der Waals surface area (Å²) in [6.45, 7) is 0.731. The molecule has 23 heavy (non-hydrogen) atoms. The first-order valence-electron chi connectivity index (χ1n) is 8.09. The van der Waals surface area contributed by atoms with E-state index in [1.807, 2.05) is 29.2 Å². The zero-order chi connectivity index (χ0) is 15.8. The SMILES string of the molecule is O=C(Cc1ccccc1Cl)N1CCCC1c1nc(C2CC2)no1. The molecule has 1 atom stereocenters. The van der Waals surface area contributed by atoms with Crippen LogP contribution in [0.15, 0.2) is 28.8 Å². The van der Waals surface area contributed by atoms with Crippen molar-refractivity contribution in [3.05, 3.63) is 46.6 Å². The lowest BCUT2D eigenvalue weighted by Crippen LogP contribution is -2.32. The molecule has 120 valence electrons. The molecule has 1 amide bonds. The zero-order valence-corrected chi connectivity index (χ0v) is 13.5. The van der Waals surface area contributed by atoms with Gasteiger partial charge in [-0.25, -0.2) is 0 Å². The number of aromatic nitrogens is 2. The quantitative estimate of drug-likeness (QED) is 0.860. The molecule has 1 unspecified atom stereocenters. The molecule has 2 aromatic rings. The summed E-state index contributed by atoms with van der Waals surface area (Å²) in [5.41, 5.74) is 0.856. The van der Waals surface area contributed by atoms with Gasteiger partial charge >= 0.3 is 0 Å². The molecule has 1 aliphatic heterocycles. The molecule has 1 saturated carbocycles. The topological polar surface area (TPSA) is 59.2 Å². The van der Waals surface area contributed by atoms with E-state index >= 15 is 0 Å². The monoisotopic (exact) mass is 331 g/mol. The van der Waals surface area contributed by atoms with Gasteiger partial charge in [0.1, 0.15) is 6.04 Å². The van der Waals surface area contributed by atoms with Crippen molar-refractivity contribution in [2.45, 2.75) is 44.1 Å². The summed E-state index contributed by atoms with van der Waals surface area (Å²) in [5, 5.41) is 4.70. The van der Waals surface area contributed by atoms with Gasteiger partial charge in [0.2, 0.25) is 11.8 Å². The predicted molar refractivity (Wildman–Crippen MR) is 85.1 cm³/mol. The Labute approximate surface area is 139 Å². The number of hydrogen-bond acceptors (Lipinski definition) is 4. The molecule has 1 aromatic carbocycles. The second-order valence-electron chi connectivity index (χ2n) is 6.28. The lowest BCUT2D eigenvalue weighted by atomic mass is 10.1. The van der Waals surface area contributed by atoms with Crippen LogP contribution in [0.1, 0.15) is 54.9 Å². The molecule has 2 fully saturated rings. The summed E-state index contributed by atoms with van der Waals surface area (Å²) >= 11 is 6.16. The van der Waals surface area contributed by atoms with Crippen molar-refractivity contribution in [3.63, 3.8) is 0 Å². The fraction of sp³-hybridized carbons (Fsp3) is 0.471. The molecule has 5 nitrogen and oxygen atoms in total. The molecule has 4 rings (SSSR count). The fourth-order valence-electron chi connectivity index (χ4n) is 3.12. The third-order valence-electron chi connectivity index (χ3n) is 4.56. The largest absolute Gasteiger partial charge is 0.337 e. The lowest BCUT2D eigenvalue weighted by molar-refractivity contribution is -0.131. The van der Waals surface area contributed by atoms with Crippen LogP contribution in [0, 0.1) is 0 Å². The van der Waals surface area contributed by atoms with E-state index in [0.717, 1.165) is 43.6 Å². The van der Waals surface area contributed by atoms with Crippen molar-refractivity contribution in [2.75, 3.05) is 6.54 Å². The number of benzene rings is 1. The van der Waals surface area contributed by atoms with Gasteiger partial charge in [0.05, 0.1) is 6.42 Å². The molecule has 0 N–H and O–H groups in total. The summed E-state index contributed by atoms with van der Waals surface area (Å²) in [4.78, 5) is 19.0. The smallest absolute Gasteiger partial charge is 0.249 e. The molecular formula is C17H18ClN3O2. The molecule has 1 aliphatic carbocycles. The van der Waals surface area contributed by atoms with Crippen molar-refractivity contribution in [1.29, 1.82) is 0 Å². The number of carbonyl (C=O) groups is 1.